The van der Waals surface area contributed by atoms with Crippen molar-refractivity contribution in [1.29, 1.82) is 0 Å². The van der Waals surface area contributed by atoms with Gasteiger partial charge in [-0.25, -0.2) is 0 Å². The predicted molar refractivity (Wildman–Crippen MR) is 79.4 cm³/mol. The van der Waals surface area contributed by atoms with Gasteiger partial charge in [0.15, 0.2) is 5.78 Å². The van der Waals surface area contributed by atoms with E-state index in [9.17, 15) is 4.79 Å². The Hall–Kier alpha value is -1.35. The average molecular weight is 276 g/mol. The zero-order chi connectivity index (χ0) is 14.8. The van der Waals surface area contributed by atoms with Crippen LogP contribution >= 0.6 is 0 Å². The molecule has 1 fully saturated rings. The molecule has 2 rings (SSSR count). The number of benzene rings is 1. The fraction of sp³-hybridized carbons (Fsp3) is 0.588. The minimum Gasteiger partial charge on any atom is -0.497 e. The van der Waals surface area contributed by atoms with E-state index in [4.69, 9.17) is 9.47 Å². The van der Waals surface area contributed by atoms with Crippen molar-refractivity contribution < 1.29 is 14.3 Å². The quantitative estimate of drug-likeness (QED) is 0.785. The van der Waals surface area contributed by atoms with Crippen molar-refractivity contribution in [1.82, 2.24) is 0 Å². The number of Topliss-reactive ketones (excluding diaryl/α,β-unsaturated/α-hetero) is 1. The molecule has 1 aromatic carbocycles. The van der Waals surface area contributed by atoms with Crippen LogP contribution in [0.1, 0.15) is 48.5 Å². The van der Waals surface area contributed by atoms with Crippen molar-refractivity contribution in [2.24, 2.45) is 5.92 Å². The summed E-state index contributed by atoms with van der Waals surface area (Å²) in [4.78, 5) is 13.0. The van der Waals surface area contributed by atoms with E-state index < -0.39 is 5.60 Å². The summed E-state index contributed by atoms with van der Waals surface area (Å²) in [5, 5.41) is 0. The van der Waals surface area contributed by atoms with E-state index in [2.05, 4.69) is 6.92 Å². The van der Waals surface area contributed by atoms with Gasteiger partial charge in [0.2, 0.25) is 0 Å². The van der Waals surface area contributed by atoms with Gasteiger partial charge in [-0.3, -0.25) is 4.79 Å². The molecule has 1 aliphatic rings. The van der Waals surface area contributed by atoms with E-state index in [1.54, 1.807) is 14.2 Å². The first-order valence-corrected chi connectivity index (χ1v) is 7.27. The highest BCUT2D eigenvalue weighted by Crippen LogP contribution is 2.38. The summed E-state index contributed by atoms with van der Waals surface area (Å²) in [5.41, 5.74) is 1.06. The van der Waals surface area contributed by atoms with Crippen molar-refractivity contribution in [3.63, 3.8) is 0 Å². The van der Waals surface area contributed by atoms with Crippen molar-refractivity contribution >= 4 is 5.78 Å². The zero-order valence-corrected chi connectivity index (χ0v) is 12.9. The van der Waals surface area contributed by atoms with Crippen LogP contribution in [0.3, 0.4) is 0 Å². The Morgan fingerprint density at radius 3 is 2.65 bits per heavy atom. The first kappa shape index (κ1) is 15.0. The van der Waals surface area contributed by atoms with Gasteiger partial charge in [-0.05, 0) is 55.9 Å². The molecular formula is C17H24O3. The van der Waals surface area contributed by atoms with E-state index in [-0.39, 0.29) is 5.78 Å². The number of hydrogen-bond donors (Lipinski definition) is 0. The molecule has 0 aromatic heterocycles. The molecule has 0 radical (unpaired) electrons. The number of aryl methyl sites for hydroxylation is 1. The van der Waals surface area contributed by atoms with E-state index in [1.165, 1.54) is 6.42 Å². The third-order valence-corrected chi connectivity index (χ3v) is 4.44. The summed E-state index contributed by atoms with van der Waals surface area (Å²) < 4.78 is 10.9. The van der Waals surface area contributed by atoms with Gasteiger partial charge in [0, 0.05) is 12.7 Å². The van der Waals surface area contributed by atoms with Crippen molar-refractivity contribution in [2.75, 3.05) is 14.2 Å². The second kappa shape index (κ2) is 5.96. The standard InChI is InChI=1S/C17H24O3/c1-12-6-5-9-17(11-12,20-4)16(18)15-8-7-14(19-3)10-13(15)2/h7-8,10,12H,5-6,9,11H2,1-4H3. The molecular weight excluding hydrogens is 252 g/mol. The Balaban J connectivity index is 2.33. The monoisotopic (exact) mass is 276 g/mol. The van der Waals surface area contributed by atoms with Crippen LogP contribution in [0.15, 0.2) is 18.2 Å². The lowest BCUT2D eigenvalue weighted by Gasteiger charge is -2.37. The molecule has 0 heterocycles. The van der Waals surface area contributed by atoms with Gasteiger partial charge in [0.1, 0.15) is 11.4 Å². The third kappa shape index (κ3) is 2.73. The highest BCUT2D eigenvalue weighted by atomic mass is 16.5. The van der Waals surface area contributed by atoms with Crippen LogP contribution in [0.25, 0.3) is 0 Å². The Morgan fingerprint density at radius 2 is 2.10 bits per heavy atom. The number of ether oxygens (including phenoxy) is 2. The molecule has 20 heavy (non-hydrogen) atoms. The number of ketones is 1. The number of rotatable bonds is 4. The maximum atomic E-state index is 13.0. The van der Waals surface area contributed by atoms with Crippen molar-refractivity contribution in [3.8, 4) is 5.75 Å². The summed E-state index contributed by atoms with van der Waals surface area (Å²) >= 11 is 0. The Labute approximate surface area is 121 Å². The molecule has 1 saturated carbocycles. The lowest BCUT2D eigenvalue weighted by molar-refractivity contribution is -0.0303. The number of hydrogen-bond acceptors (Lipinski definition) is 3. The average Bonchev–Trinajstić information content (AvgIpc) is 2.46. The molecule has 110 valence electrons. The van der Waals surface area contributed by atoms with Crippen molar-refractivity contribution in [3.05, 3.63) is 29.3 Å². The van der Waals surface area contributed by atoms with Crippen LogP contribution < -0.4 is 4.74 Å². The molecule has 2 atom stereocenters. The van der Waals surface area contributed by atoms with Gasteiger partial charge in [-0.2, -0.15) is 0 Å². The van der Waals surface area contributed by atoms with E-state index in [0.717, 1.165) is 36.1 Å². The van der Waals surface area contributed by atoms with E-state index in [0.29, 0.717) is 5.92 Å². The van der Waals surface area contributed by atoms with E-state index in [1.807, 2.05) is 25.1 Å². The second-order valence-corrected chi connectivity index (χ2v) is 5.91. The summed E-state index contributed by atoms with van der Waals surface area (Å²) in [5.74, 6) is 1.43. The fourth-order valence-electron chi connectivity index (χ4n) is 3.25. The van der Waals surface area contributed by atoms with Crippen LogP contribution in [0.2, 0.25) is 0 Å². The van der Waals surface area contributed by atoms with Gasteiger partial charge >= 0.3 is 0 Å². The second-order valence-electron chi connectivity index (χ2n) is 5.91. The summed E-state index contributed by atoms with van der Waals surface area (Å²) in [6.45, 7) is 4.15. The maximum absolute atomic E-state index is 13.0. The Bertz CT molecular complexity index is 495. The minimum atomic E-state index is -0.642. The summed E-state index contributed by atoms with van der Waals surface area (Å²) in [7, 11) is 3.30. The lowest BCUT2D eigenvalue weighted by Crippen LogP contribution is -2.44. The fourth-order valence-corrected chi connectivity index (χ4v) is 3.25. The van der Waals surface area contributed by atoms with Crippen LogP contribution in [0.5, 0.6) is 5.75 Å². The predicted octanol–water partition coefficient (Wildman–Crippen LogP) is 3.78. The van der Waals surface area contributed by atoms with Gasteiger partial charge in [-0.15, -0.1) is 0 Å². The molecule has 0 aliphatic heterocycles. The number of carbonyl (C=O) groups excluding carboxylic acids is 1. The Morgan fingerprint density at radius 1 is 1.35 bits per heavy atom. The van der Waals surface area contributed by atoms with Gasteiger partial charge in [0.05, 0.1) is 7.11 Å². The van der Waals surface area contributed by atoms with Crippen molar-refractivity contribution in [2.45, 2.75) is 45.1 Å². The number of methoxy groups -OCH3 is 2. The van der Waals surface area contributed by atoms with Crippen LogP contribution in [-0.4, -0.2) is 25.6 Å². The van der Waals surface area contributed by atoms with Gasteiger partial charge in [-0.1, -0.05) is 13.3 Å². The molecule has 1 aromatic rings. The minimum absolute atomic E-state index is 0.117. The molecule has 0 spiro atoms. The van der Waals surface area contributed by atoms with Gasteiger partial charge < -0.3 is 9.47 Å². The van der Waals surface area contributed by atoms with Crippen LogP contribution in [0, 0.1) is 12.8 Å². The normalized spacial score (nSPS) is 26.3. The molecule has 3 nitrogen and oxygen atoms in total. The van der Waals surface area contributed by atoms with Crippen LogP contribution in [0.4, 0.5) is 0 Å². The molecule has 0 amide bonds. The summed E-state index contributed by atoms with van der Waals surface area (Å²) in [6, 6.07) is 5.61. The van der Waals surface area contributed by atoms with Crippen LogP contribution in [-0.2, 0) is 4.74 Å². The zero-order valence-electron chi connectivity index (χ0n) is 12.9. The molecule has 0 saturated heterocycles. The summed E-state index contributed by atoms with van der Waals surface area (Å²) in [6.07, 6.45) is 3.86. The smallest absolute Gasteiger partial charge is 0.194 e. The largest absolute Gasteiger partial charge is 0.497 e. The third-order valence-electron chi connectivity index (χ3n) is 4.44. The molecule has 0 bridgehead atoms. The SMILES string of the molecule is COc1ccc(C(=O)C2(OC)CCCC(C)C2)c(C)c1. The molecule has 1 aliphatic carbocycles. The topological polar surface area (TPSA) is 35.5 Å². The highest BCUT2D eigenvalue weighted by molar-refractivity contribution is 6.03. The van der Waals surface area contributed by atoms with E-state index >= 15 is 0 Å². The lowest BCUT2D eigenvalue weighted by atomic mass is 9.74. The highest BCUT2D eigenvalue weighted by Gasteiger charge is 2.42. The molecule has 0 N–H and O–H groups in total. The maximum Gasteiger partial charge on any atom is 0.194 e. The first-order chi connectivity index (χ1) is 9.52. The number of carbonyl (C=O) groups is 1. The molecule has 2 unspecified atom stereocenters. The first-order valence-electron chi connectivity index (χ1n) is 7.27. The van der Waals surface area contributed by atoms with Gasteiger partial charge in [0.25, 0.3) is 0 Å². The Kier molecular flexibility index (Phi) is 4.48. The molecule has 3 heteroatoms.